The highest BCUT2D eigenvalue weighted by atomic mass is 32.1. The molecule has 0 bridgehead atoms. The number of anilines is 3. The van der Waals surface area contributed by atoms with E-state index in [2.05, 4.69) is 493 Å². The first kappa shape index (κ1) is 75.8. The molecule has 0 aliphatic heterocycles. The van der Waals surface area contributed by atoms with Crippen molar-refractivity contribution in [1.82, 2.24) is 17.9 Å². The lowest BCUT2D eigenvalue weighted by Gasteiger charge is -2.30. The monoisotopic (exact) mass is 1720 g/mol. The van der Waals surface area contributed by atoms with E-state index in [1.807, 2.05) is 0 Å². The summed E-state index contributed by atoms with van der Waals surface area (Å²) in [5.74, 6) is 0. The van der Waals surface area contributed by atoms with Crippen LogP contribution in [0, 0.1) is 0 Å². The zero-order chi connectivity index (χ0) is 87.9. The highest BCUT2D eigenvalue weighted by Crippen LogP contribution is 2.66. The number of hydrogen-bond acceptors (Lipinski definition) is 4. The second kappa shape index (κ2) is 29.7. The second-order valence-corrected chi connectivity index (χ2v) is 36.7. The third kappa shape index (κ3) is 11.2. The van der Waals surface area contributed by atoms with Gasteiger partial charge in [-0.1, -0.05) is 364 Å². The predicted octanol–water partition coefficient (Wildman–Crippen LogP) is 33.4. The van der Waals surface area contributed by atoms with Gasteiger partial charge in [0.05, 0.1) is 50.3 Å². The minimum atomic E-state index is -0.422. The SMILES string of the molecule is c1ccc(-c2ccc(N(c3ccc(-c4ccc5c(c4)c4ccccc4n5-c4ccc(-c5ccccc5)cc4)cc3)c3ccc(-c4ccc(-n5c6ccc(-c7ccc(-c8ccc9c(c8)C8(c%10ccccc%10-c%10ccccc%108)c8ccccc8-9)cc7)cc6c6cc(-c7ccc(-c8ccc9c(c8)C8(c%10ccccc%10-c%10ccccc%108)c8ccccc8-9)cc7)ccc65)cc4)c4nsnc34)cc2)cc1. The van der Waals surface area contributed by atoms with Crippen molar-refractivity contribution in [2.75, 3.05) is 4.90 Å². The molecule has 3 aromatic heterocycles. The maximum Gasteiger partial charge on any atom is 0.129 e. The quantitative estimate of drug-likeness (QED) is 0.115. The molecular formula is C128H79N5S. The van der Waals surface area contributed by atoms with E-state index in [9.17, 15) is 0 Å². The van der Waals surface area contributed by atoms with Crippen LogP contribution in [0.15, 0.2) is 479 Å². The number of fused-ring (bicyclic) bond motifs is 27. The minimum Gasteiger partial charge on any atom is -0.309 e. The van der Waals surface area contributed by atoms with Crippen LogP contribution in [-0.4, -0.2) is 17.9 Å². The Kier molecular flexibility index (Phi) is 16.8. The molecule has 622 valence electrons. The largest absolute Gasteiger partial charge is 0.309 e. The Bertz CT molecular complexity index is 8530. The molecule has 24 aromatic rings. The summed E-state index contributed by atoms with van der Waals surface area (Å²) in [4.78, 5) is 2.34. The van der Waals surface area contributed by atoms with Crippen LogP contribution in [0.3, 0.4) is 0 Å². The Labute approximate surface area is 780 Å². The summed E-state index contributed by atoms with van der Waals surface area (Å²) in [5, 5.41) is 4.78. The summed E-state index contributed by atoms with van der Waals surface area (Å²) in [6, 6.07) is 179. The Balaban J connectivity index is 0.530. The molecule has 0 amide bonds. The number of benzene rings is 21. The Morgan fingerprint density at radius 3 is 0.828 bits per heavy atom. The van der Waals surface area contributed by atoms with Gasteiger partial charge in [-0.25, -0.2) is 0 Å². The van der Waals surface area contributed by atoms with Gasteiger partial charge in [-0.15, -0.1) is 0 Å². The first-order valence-electron chi connectivity index (χ1n) is 46.2. The van der Waals surface area contributed by atoms with Crippen molar-refractivity contribution in [2.45, 2.75) is 10.8 Å². The topological polar surface area (TPSA) is 38.9 Å². The summed E-state index contributed by atoms with van der Waals surface area (Å²) in [7, 11) is 0. The van der Waals surface area contributed by atoms with Crippen LogP contribution in [0.25, 0.3) is 200 Å². The first-order valence-corrected chi connectivity index (χ1v) is 46.9. The number of aromatic nitrogens is 4. The van der Waals surface area contributed by atoms with Crippen molar-refractivity contribution in [3.63, 3.8) is 0 Å². The van der Waals surface area contributed by atoms with Gasteiger partial charge in [0.25, 0.3) is 0 Å². The molecule has 5 nitrogen and oxygen atoms in total. The fourth-order valence-corrected chi connectivity index (χ4v) is 24.1. The summed E-state index contributed by atoms with van der Waals surface area (Å²) in [6.45, 7) is 0. The number of rotatable bonds is 13. The van der Waals surface area contributed by atoms with E-state index in [1.54, 1.807) is 0 Å². The Morgan fingerprint density at radius 1 is 0.179 bits per heavy atom. The number of para-hydroxylation sites is 1. The fourth-order valence-electron chi connectivity index (χ4n) is 23.5. The van der Waals surface area contributed by atoms with Gasteiger partial charge in [-0.3, -0.25) is 0 Å². The maximum absolute atomic E-state index is 5.19. The fraction of sp³-hybridized carbons (Fsp3) is 0.0156. The lowest BCUT2D eigenvalue weighted by Crippen LogP contribution is -2.25. The molecule has 0 fully saturated rings. The van der Waals surface area contributed by atoms with Crippen molar-refractivity contribution in [3.05, 3.63) is 524 Å². The molecule has 0 saturated carbocycles. The first-order chi connectivity index (χ1) is 66.4. The van der Waals surface area contributed by atoms with Gasteiger partial charge in [0, 0.05) is 49.9 Å². The van der Waals surface area contributed by atoms with E-state index >= 15 is 0 Å². The van der Waals surface area contributed by atoms with Crippen LogP contribution in [0.1, 0.15) is 44.5 Å². The average molecular weight is 1720 g/mol. The van der Waals surface area contributed by atoms with Crippen LogP contribution >= 0.6 is 11.7 Å². The van der Waals surface area contributed by atoms with Crippen molar-refractivity contribution < 1.29 is 0 Å². The second-order valence-electron chi connectivity index (χ2n) is 36.2. The molecule has 2 spiro atoms. The van der Waals surface area contributed by atoms with Crippen LogP contribution in [0.2, 0.25) is 0 Å². The summed E-state index contributed by atoms with van der Waals surface area (Å²) < 4.78 is 15.2. The van der Waals surface area contributed by atoms with Gasteiger partial charge >= 0.3 is 0 Å². The molecule has 134 heavy (non-hydrogen) atoms. The molecule has 0 unspecified atom stereocenters. The van der Waals surface area contributed by atoms with Gasteiger partial charge in [0.2, 0.25) is 0 Å². The molecular weight excluding hydrogens is 1640 g/mol. The predicted molar refractivity (Wildman–Crippen MR) is 557 cm³/mol. The molecule has 0 atom stereocenters. The third-order valence-electron chi connectivity index (χ3n) is 29.5. The van der Waals surface area contributed by atoms with Gasteiger partial charge in [0.1, 0.15) is 11.0 Å². The highest BCUT2D eigenvalue weighted by Gasteiger charge is 2.53. The van der Waals surface area contributed by atoms with Gasteiger partial charge in [-0.05, 0) is 288 Å². The lowest BCUT2D eigenvalue weighted by molar-refractivity contribution is 0.794. The molecule has 4 aliphatic carbocycles. The zero-order valence-corrected chi connectivity index (χ0v) is 73.6. The van der Waals surface area contributed by atoms with Crippen LogP contribution in [-0.2, 0) is 10.8 Å². The number of hydrogen-bond donors (Lipinski definition) is 0. The van der Waals surface area contributed by atoms with E-state index in [1.165, 1.54) is 172 Å². The van der Waals surface area contributed by atoms with Crippen molar-refractivity contribution in [2.24, 2.45) is 0 Å². The van der Waals surface area contributed by atoms with E-state index in [4.69, 9.17) is 8.75 Å². The van der Waals surface area contributed by atoms with Crippen LogP contribution in [0.5, 0.6) is 0 Å². The highest BCUT2D eigenvalue weighted by molar-refractivity contribution is 7.00. The van der Waals surface area contributed by atoms with Crippen molar-refractivity contribution in [3.8, 4) is 145 Å². The zero-order valence-electron chi connectivity index (χ0n) is 72.8. The summed E-state index contributed by atoms with van der Waals surface area (Å²) in [5.41, 5.74) is 50.2. The molecule has 3 heterocycles. The van der Waals surface area contributed by atoms with E-state index < -0.39 is 10.8 Å². The van der Waals surface area contributed by atoms with E-state index in [0.717, 1.165) is 101 Å². The molecule has 0 N–H and O–H groups in total. The minimum absolute atomic E-state index is 0.422. The Morgan fingerprint density at radius 2 is 0.440 bits per heavy atom. The molecule has 0 radical (unpaired) electrons. The molecule has 6 heteroatoms. The van der Waals surface area contributed by atoms with E-state index in [-0.39, 0.29) is 0 Å². The Hall–Kier alpha value is -17.2. The van der Waals surface area contributed by atoms with Gasteiger partial charge < -0.3 is 14.0 Å². The van der Waals surface area contributed by atoms with E-state index in [0.29, 0.717) is 0 Å². The number of nitrogens with zero attached hydrogens (tertiary/aromatic N) is 5. The summed E-state index contributed by atoms with van der Waals surface area (Å²) in [6.07, 6.45) is 0. The molecule has 21 aromatic carbocycles. The molecule has 4 aliphatic rings. The average Bonchev–Trinajstić information content (AvgIpc) is 1.52. The van der Waals surface area contributed by atoms with Crippen LogP contribution < -0.4 is 4.90 Å². The third-order valence-corrected chi connectivity index (χ3v) is 30.1. The van der Waals surface area contributed by atoms with Crippen molar-refractivity contribution in [1.29, 1.82) is 0 Å². The lowest BCUT2D eigenvalue weighted by atomic mass is 9.70. The molecule has 28 rings (SSSR count). The standard InChI is InChI=1S/C128H79N5S/c1-3-21-80(22-4-1)82-47-60-95(61-48-82)131(96-62-51-88(52-63-96)90-57-71-121-109(75-90)108-31-13-20-38-120(108)132(121)97-64-49-83(50-65-97)81-23-5-2-6-24-81)124-74-70-99(125-126(124)130-134-129-125)89-53-66-98(67-54-89)133-122-72-58-91(84-39-43-86(44-40-84)93-55-68-106-104-29-11-18-36-116(104)127(118(106)78-93)112-32-14-7-25-100(112)101-26-8-15-33-113(101)127)76-110(122)111-77-92(59-73-123(111)133)85-41-45-87(46-42-85)94-56-69-107-105-30-12-19-37-117(105)128(119(107)79-94)114-34-16-9-27-102(114)103-28-10-17-35-115(103)128/h1-79H. The summed E-state index contributed by atoms with van der Waals surface area (Å²) >= 11 is 1.26. The van der Waals surface area contributed by atoms with Crippen molar-refractivity contribution >= 4 is 83.4 Å². The van der Waals surface area contributed by atoms with Crippen LogP contribution in [0.4, 0.5) is 17.1 Å². The maximum atomic E-state index is 5.19. The van der Waals surface area contributed by atoms with Gasteiger partial charge in [0.15, 0.2) is 0 Å². The normalized spacial score (nSPS) is 13.0. The van der Waals surface area contributed by atoms with Gasteiger partial charge in [-0.2, -0.15) is 8.75 Å². The molecule has 0 saturated heterocycles. The smallest absolute Gasteiger partial charge is 0.129 e.